The molecular weight excluding hydrogens is 249 g/mol. The van der Waals surface area contributed by atoms with Crippen LogP contribution in [-0.4, -0.2) is 12.4 Å². The molecule has 4 heteroatoms. The summed E-state index contributed by atoms with van der Waals surface area (Å²) in [6.07, 6.45) is 0. The predicted molar refractivity (Wildman–Crippen MR) is 73.5 cm³/mol. The van der Waals surface area contributed by atoms with E-state index in [4.69, 9.17) is 10.5 Å². The van der Waals surface area contributed by atoms with E-state index in [0.717, 1.165) is 16.3 Å². The van der Waals surface area contributed by atoms with Gasteiger partial charge in [-0.3, -0.25) is 0 Å². The zero-order valence-electron chi connectivity index (χ0n) is 9.80. The minimum Gasteiger partial charge on any atom is -0.493 e. The number of hydrogen-bond donors (Lipinski definition) is 1. The third-order valence-corrected chi connectivity index (χ3v) is 3.25. The monoisotopic (exact) mass is 263 g/mol. The molecule has 0 bridgehead atoms. The minimum atomic E-state index is -0.253. The summed E-state index contributed by atoms with van der Waals surface area (Å²) in [5, 5.41) is 0. The number of anilines is 1. The highest BCUT2D eigenvalue weighted by atomic mass is 32.2. The van der Waals surface area contributed by atoms with Gasteiger partial charge in [0.15, 0.2) is 0 Å². The van der Waals surface area contributed by atoms with Gasteiger partial charge < -0.3 is 10.5 Å². The second kappa shape index (κ2) is 6.31. The molecule has 2 nitrogen and oxygen atoms in total. The zero-order chi connectivity index (χ0) is 12.8. The third kappa shape index (κ3) is 3.96. The van der Waals surface area contributed by atoms with Crippen LogP contribution in [0.2, 0.25) is 0 Å². The first-order chi connectivity index (χ1) is 8.74. The summed E-state index contributed by atoms with van der Waals surface area (Å²) in [6, 6.07) is 13.8. The largest absolute Gasteiger partial charge is 0.493 e. The van der Waals surface area contributed by atoms with Crippen molar-refractivity contribution in [3.8, 4) is 5.75 Å². The fourth-order valence-electron chi connectivity index (χ4n) is 1.45. The number of thioether (sulfide) groups is 1. The Kier molecular flexibility index (Phi) is 4.47. The second-order valence-corrected chi connectivity index (χ2v) is 4.89. The van der Waals surface area contributed by atoms with Crippen LogP contribution in [0.4, 0.5) is 10.1 Å². The molecule has 0 saturated carbocycles. The van der Waals surface area contributed by atoms with Gasteiger partial charge in [0, 0.05) is 16.3 Å². The van der Waals surface area contributed by atoms with Crippen LogP contribution in [0.5, 0.6) is 5.75 Å². The number of nitrogen functional groups attached to an aromatic ring is 1. The van der Waals surface area contributed by atoms with Gasteiger partial charge in [0.25, 0.3) is 0 Å². The van der Waals surface area contributed by atoms with Crippen LogP contribution in [0.1, 0.15) is 0 Å². The molecule has 94 valence electrons. The number of benzene rings is 2. The average Bonchev–Trinajstić information content (AvgIpc) is 2.37. The fourth-order valence-corrected chi connectivity index (χ4v) is 2.25. The quantitative estimate of drug-likeness (QED) is 0.509. The molecule has 2 aromatic carbocycles. The highest BCUT2D eigenvalue weighted by Gasteiger charge is 1.97. The van der Waals surface area contributed by atoms with Gasteiger partial charge >= 0.3 is 0 Å². The summed E-state index contributed by atoms with van der Waals surface area (Å²) >= 11 is 1.68. The van der Waals surface area contributed by atoms with Crippen molar-refractivity contribution >= 4 is 17.4 Å². The van der Waals surface area contributed by atoms with Crippen molar-refractivity contribution in [3.05, 3.63) is 54.3 Å². The van der Waals surface area contributed by atoms with Crippen LogP contribution < -0.4 is 10.5 Å². The average molecular weight is 263 g/mol. The van der Waals surface area contributed by atoms with Crippen LogP contribution in [0.3, 0.4) is 0 Å². The van der Waals surface area contributed by atoms with Gasteiger partial charge in [-0.1, -0.05) is 6.07 Å². The summed E-state index contributed by atoms with van der Waals surface area (Å²) in [6.45, 7) is 0.575. The highest BCUT2D eigenvalue weighted by Crippen LogP contribution is 2.20. The third-order valence-electron chi connectivity index (χ3n) is 2.29. The van der Waals surface area contributed by atoms with Crippen LogP contribution in [0, 0.1) is 5.82 Å². The normalized spacial score (nSPS) is 10.3. The molecule has 2 N–H and O–H groups in total. The van der Waals surface area contributed by atoms with Crippen molar-refractivity contribution in [1.29, 1.82) is 0 Å². The molecule has 0 saturated heterocycles. The van der Waals surface area contributed by atoms with Crippen molar-refractivity contribution in [2.75, 3.05) is 18.1 Å². The van der Waals surface area contributed by atoms with E-state index in [1.165, 1.54) is 12.1 Å². The smallest absolute Gasteiger partial charge is 0.123 e. The Morgan fingerprint density at radius 2 is 1.89 bits per heavy atom. The lowest BCUT2D eigenvalue weighted by Crippen LogP contribution is -2.00. The number of ether oxygens (including phenoxy) is 1. The Hall–Kier alpha value is -1.68. The maximum absolute atomic E-state index is 12.7. The number of nitrogens with two attached hydrogens (primary N) is 1. The van der Waals surface area contributed by atoms with Gasteiger partial charge in [0.05, 0.1) is 6.61 Å². The van der Waals surface area contributed by atoms with E-state index in [2.05, 4.69) is 0 Å². The summed E-state index contributed by atoms with van der Waals surface area (Å²) in [5.41, 5.74) is 6.45. The van der Waals surface area contributed by atoms with Crippen LogP contribution >= 0.6 is 11.8 Å². The van der Waals surface area contributed by atoms with Gasteiger partial charge in [-0.25, -0.2) is 4.39 Å². The lowest BCUT2D eigenvalue weighted by Gasteiger charge is -2.06. The minimum absolute atomic E-state index is 0.253. The summed E-state index contributed by atoms with van der Waals surface area (Å²) < 4.78 is 18.2. The molecule has 0 aliphatic carbocycles. The summed E-state index contributed by atoms with van der Waals surface area (Å²) in [5.74, 6) is 1.25. The predicted octanol–water partition coefficient (Wildman–Crippen LogP) is 3.58. The molecule has 0 aromatic heterocycles. The van der Waals surface area contributed by atoms with Crippen molar-refractivity contribution in [1.82, 2.24) is 0 Å². The molecule has 0 radical (unpaired) electrons. The van der Waals surface area contributed by atoms with E-state index in [-0.39, 0.29) is 5.82 Å². The lowest BCUT2D eigenvalue weighted by molar-refractivity contribution is 0.343. The van der Waals surface area contributed by atoms with Gasteiger partial charge in [0.2, 0.25) is 0 Å². The van der Waals surface area contributed by atoms with Gasteiger partial charge in [0.1, 0.15) is 11.6 Å². The van der Waals surface area contributed by atoms with E-state index < -0.39 is 0 Å². The van der Waals surface area contributed by atoms with Crippen molar-refractivity contribution in [2.24, 2.45) is 0 Å². The van der Waals surface area contributed by atoms with Crippen LogP contribution in [0.25, 0.3) is 0 Å². The van der Waals surface area contributed by atoms with E-state index >= 15 is 0 Å². The molecule has 0 aliphatic rings. The van der Waals surface area contributed by atoms with Crippen LogP contribution in [0.15, 0.2) is 53.4 Å². The highest BCUT2D eigenvalue weighted by molar-refractivity contribution is 7.99. The Bertz CT molecular complexity index is 501. The molecule has 0 unspecified atom stereocenters. The Morgan fingerprint density at radius 1 is 1.11 bits per heavy atom. The second-order valence-electron chi connectivity index (χ2n) is 3.72. The van der Waals surface area contributed by atoms with Crippen molar-refractivity contribution in [3.63, 3.8) is 0 Å². The molecule has 2 aromatic rings. The Labute approximate surface area is 110 Å². The standard InChI is InChI=1S/C14H14FNOS/c15-11-4-6-13(7-5-11)17-8-9-18-14-3-1-2-12(16)10-14/h1-7,10H,8-9,16H2. The van der Waals surface area contributed by atoms with E-state index in [1.807, 2.05) is 24.3 Å². The topological polar surface area (TPSA) is 35.2 Å². The molecule has 0 fully saturated rings. The first-order valence-electron chi connectivity index (χ1n) is 5.61. The Morgan fingerprint density at radius 3 is 2.61 bits per heavy atom. The summed E-state index contributed by atoms with van der Waals surface area (Å²) in [7, 11) is 0. The van der Waals surface area contributed by atoms with Gasteiger partial charge in [-0.2, -0.15) is 0 Å². The molecule has 2 rings (SSSR count). The van der Waals surface area contributed by atoms with E-state index in [0.29, 0.717) is 12.4 Å². The van der Waals surface area contributed by atoms with Gasteiger partial charge in [-0.05, 0) is 42.5 Å². The van der Waals surface area contributed by atoms with Crippen molar-refractivity contribution < 1.29 is 9.13 Å². The zero-order valence-corrected chi connectivity index (χ0v) is 10.6. The first-order valence-corrected chi connectivity index (χ1v) is 6.59. The first kappa shape index (κ1) is 12.8. The van der Waals surface area contributed by atoms with E-state index in [9.17, 15) is 4.39 Å². The lowest BCUT2D eigenvalue weighted by atomic mass is 10.3. The molecule has 0 aliphatic heterocycles. The van der Waals surface area contributed by atoms with Crippen molar-refractivity contribution in [2.45, 2.75) is 4.90 Å². The number of halogens is 1. The van der Waals surface area contributed by atoms with Crippen LogP contribution in [-0.2, 0) is 0 Å². The maximum atomic E-state index is 12.7. The summed E-state index contributed by atoms with van der Waals surface area (Å²) in [4.78, 5) is 1.12. The molecular formula is C14H14FNOS. The number of hydrogen-bond acceptors (Lipinski definition) is 3. The van der Waals surface area contributed by atoms with E-state index in [1.54, 1.807) is 23.9 Å². The molecule has 0 spiro atoms. The maximum Gasteiger partial charge on any atom is 0.123 e. The molecule has 18 heavy (non-hydrogen) atoms. The molecule has 0 heterocycles. The molecule has 0 amide bonds. The molecule has 0 atom stereocenters. The fraction of sp³-hybridized carbons (Fsp3) is 0.143. The number of rotatable bonds is 5. The van der Waals surface area contributed by atoms with Gasteiger partial charge in [-0.15, -0.1) is 11.8 Å². The Balaban J connectivity index is 1.74. The SMILES string of the molecule is Nc1cccc(SCCOc2ccc(F)cc2)c1.